The summed E-state index contributed by atoms with van der Waals surface area (Å²) in [5, 5.41) is 8.48. The molecule has 2 N–H and O–H groups in total. The fourth-order valence-corrected chi connectivity index (χ4v) is 2.87. The number of halogens is 2. The lowest BCUT2D eigenvalue weighted by Crippen LogP contribution is -2.17. The number of rotatable bonds is 8. The third kappa shape index (κ3) is 5.01. The van der Waals surface area contributed by atoms with Crippen LogP contribution in [0.1, 0.15) is 31.6 Å². The third-order valence-corrected chi connectivity index (χ3v) is 4.31. The zero-order valence-corrected chi connectivity index (χ0v) is 15.1. The Balaban J connectivity index is 1.78. The Kier molecular flexibility index (Phi) is 6.49. The van der Waals surface area contributed by atoms with Gasteiger partial charge in [0.2, 0.25) is 5.91 Å². The molecule has 3 rings (SSSR count). The van der Waals surface area contributed by atoms with Crippen LogP contribution in [0.5, 0.6) is 0 Å². The Labute approximate surface area is 161 Å². The molecule has 0 radical (unpaired) electrons. The summed E-state index contributed by atoms with van der Waals surface area (Å²) in [5.41, 5.74) is 3.56. The molecule has 7 heteroatoms. The van der Waals surface area contributed by atoms with Crippen molar-refractivity contribution >= 4 is 5.91 Å². The third-order valence-electron chi connectivity index (χ3n) is 4.31. The van der Waals surface area contributed by atoms with Crippen molar-refractivity contribution in [2.75, 3.05) is 0 Å². The molecule has 5 nitrogen and oxygen atoms in total. The first-order valence-corrected chi connectivity index (χ1v) is 9.01. The largest absolute Gasteiger partial charge is 0.440 e. The van der Waals surface area contributed by atoms with Gasteiger partial charge < -0.3 is 4.42 Å². The van der Waals surface area contributed by atoms with Gasteiger partial charge in [-0.25, -0.2) is 19.2 Å². The molecule has 28 heavy (non-hydrogen) atoms. The number of nitrogens with one attached hydrogen (secondary N) is 1. The summed E-state index contributed by atoms with van der Waals surface area (Å²) in [6.45, 7) is 0. The van der Waals surface area contributed by atoms with E-state index in [-0.39, 0.29) is 18.1 Å². The van der Waals surface area contributed by atoms with E-state index in [4.69, 9.17) is 9.62 Å². The van der Waals surface area contributed by atoms with Gasteiger partial charge in [0.25, 0.3) is 0 Å². The lowest BCUT2D eigenvalue weighted by atomic mass is 10.1. The molecule has 2 aromatic carbocycles. The highest BCUT2D eigenvalue weighted by Gasteiger charge is 2.17. The van der Waals surface area contributed by atoms with Crippen LogP contribution in [0.2, 0.25) is 0 Å². The number of aromatic nitrogens is 1. The van der Waals surface area contributed by atoms with E-state index in [1.54, 1.807) is 29.7 Å². The second-order valence-corrected chi connectivity index (χ2v) is 6.39. The van der Waals surface area contributed by atoms with E-state index >= 15 is 0 Å². The molecule has 146 valence electrons. The predicted molar refractivity (Wildman–Crippen MR) is 99.4 cm³/mol. The molecule has 0 atom stereocenters. The van der Waals surface area contributed by atoms with Gasteiger partial charge in [-0.2, -0.15) is 0 Å². The van der Waals surface area contributed by atoms with E-state index in [0.717, 1.165) is 12.8 Å². The minimum atomic E-state index is -0.409. The molecule has 1 heterocycles. The fourth-order valence-electron chi connectivity index (χ4n) is 2.87. The number of hydrogen-bond acceptors (Lipinski definition) is 4. The second-order valence-electron chi connectivity index (χ2n) is 6.39. The van der Waals surface area contributed by atoms with Crippen molar-refractivity contribution in [1.82, 2.24) is 10.5 Å². The van der Waals surface area contributed by atoms with Crippen molar-refractivity contribution in [3.8, 4) is 22.6 Å². The number of carbonyl (C=O) groups is 1. The van der Waals surface area contributed by atoms with Gasteiger partial charge in [0.15, 0.2) is 11.7 Å². The van der Waals surface area contributed by atoms with Gasteiger partial charge >= 0.3 is 0 Å². The number of hydroxylamine groups is 1. The van der Waals surface area contributed by atoms with Crippen molar-refractivity contribution in [1.29, 1.82) is 0 Å². The molecule has 0 aliphatic heterocycles. The molecule has 0 unspecified atom stereocenters. The minimum absolute atomic E-state index is 0.254. The van der Waals surface area contributed by atoms with Crippen molar-refractivity contribution in [2.45, 2.75) is 32.1 Å². The number of oxazole rings is 1. The quantitative estimate of drug-likeness (QED) is 0.328. The highest BCUT2D eigenvalue weighted by Crippen LogP contribution is 2.33. The molecule has 0 spiro atoms. The van der Waals surface area contributed by atoms with Gasteiger partial charge in [-0.1, -0.05) is 6.42 Å². The van der Waals surface area contributed by atoms with Crippen molar-refractivity contribution in [3.63, 3.8) is 0 Å². The monoisotopic (exact) mass is 386 g/mol. The number of nitrogens with zero attached hydrogens (tertiary/aromatic N) is 1. The van der Waals surface area contributed by atoms with Crippen LogP contribution in [0, 0.1) is 11.6 Å². The van der Waals surface area contributed by atoms with Crippen LogP contribution in [-0.2, 0) is 11.2 Å². The fraction of sp³-hybridized carbons (Fsp3) is 0.238. The van der Waals surface area contributed by atoms with Crippen LogP contribution >= 0.6 is 0 Å². The highest BCUT2D eigenvalue weighted by atomic mass is 19.1. The summed E-state index contributed by atoms with van der Waals surface area (Å²) in [4.78, 5) is 15.6. The van der Waals surface area contributed by atoms with Crippen LogP contribution in [0.25, 0.3) is 22.6 Å². The average Bonchev–Trinajstić information content (AvgIpc) is 3.12. The van der Waals surface area contributed by atoms with Crippen LogP contribution in [0.15, 0.2) is 52.9 Å². The molecule has 1 amide bonds. The summed E-state index contributed by atoms with van der Waals surface area (Å²) in [7, 11) is 0. The summed E-state index contributed by atoms with van der Waals surface area (Å²) in [6, 6.07) is 11.9. The van der Waals surface area contributed by atoms with Crippen molar-refractivity contribution in [3.05, 3.63) is 66.1 Å². The summed E-state index contributed by atoms with van der Waals surface area (Å²) in [6.07, 6.45) is 2.99. The molecular formula is C21H20F2N2O3. The van der Waals surface area contributed by atoms with E-state index < -0.39 is 5.91 Å². The first-order chi connectivity index (χ1) is 13.6. The van der Waals surface area contributed by atoms with E-state index in [1.165, 1.54) is 24.3 Å². The number of carbonyl (C=O) groups excluding carboxylic acids is 1. The standard InChI is InChI=1S/C21H20F2N2O3/c22-16-10-6-14(7-11-16)20-21(15-8-12-17(23)13-9-15)28-19(24-20)5-3-1-2-4-18(26)25-27/h6-13,27H,1-5H2,(H,25,26). The Morgan fingerprint density at radius 3 is 2.14 bits per heavy atom. The van der Waals surface area contributed by atoms with Crippen LogP contribution in [0.3, 0.4) is 0 Å². The number of unbranched alkanes of at least 4 members (excludes halogenated alkanes) is 2. The molecule has 0 aliphatic carbocycles. The predicted octanol–water partition coefficient (Wildman–Crippen LogP) is 4.90. The minimum Gasteiger partial charge on any atom is -0.440 e. The van der Waals surface area contributed by atoms with Crippen LogP contribution < -0.4 is 5.48 Å². The SMILES string of the molecule is O=C(CCCCCc1nc(-c2ccc(F)cc2)c(-c2ccc(F)cc2)o1)NO. The van der Waals surface area contributed by atoms with E-state index in [0.29, 0.717) is 41.3 Å². The summed E-state index contributed by atoms with van der Waals surface area (Å²) in [5.74, 6) is -0.0821. The number of benzene rings is 2. The first-order valence-electron chi connectivity index (χ1n) is 9.01. The van der Waals surface area contributed by atoms with Gasteiger partial charge in [0.1, 0.15) is 17.3 Å². The lowest BCUT2D eigenvalue weighted by molar-refractivity contribution is -0.129. The van der Waals surface area contributed by atoms with Crippen LogP contribution in [-0.4, -0.2) is 16.1 Å². The van der Waals surface area contributed by atoms with Gasteiger partial charge in [-0.3, -0.25) is 10.0 Å². The molecule has 0 aliphatic rings. The van der Waals surface area contributed by atoms with Crippen LogP contribution in [0.4, 0.5) is 8.78 Å². The van der Waals surface area contributed by atoms with Crippen molar-refractivity contribution in [2.24, 2.45) is 0 Å². The molecule has 0 fully saturated rings. The molecule has 0 saturated heterocycles. The second kappa shape index (κ2) is 9.23. The topological polar surface area (TPSA) is 75.4 Å². The van der Waals surface area contributed by atoms with Gasteiger partial charge in [-0.15, -0.1) is 0 Å². The van der Waals surface area contributed by atoms with E-state index in [2.05, 4.69) is 4.98 Å². The zero-order chi connectivity index (χ0) is 19.9. The Morgan fingerprint density at radius 2 is 1.54 bits per heavy atom. The molecule has 0 saturated carbocycles. The highest BCUT2D eigenvalue weighted by molar-refractivity contribution is 5.76. The maximum absolute atomic E-state index is 13.3. The molecule has 0 bridgehead atoms. The normalized spacial score (nSPS) is 10.8. The lowest BCUT2D eigenvalue weighted by Gasteiger charge is -2.01. The number of hydrogen-bond donors (Lipinski definition) is 2. The average molecular weight is 386 g/mol. The van der Waals surface area contributed by atoms with Gasteiger partial charge in [0.05, 0.1) is 0 Å². The van der Waals surface area contributed by atoms with E-state index in [9.17, 15) is 13.6 Å². The maximum Gasteiger partial charge on any atom is 0.243 e. The Hall–Kier alpha value is -3.06. The summed E-state index contributed by atoms with van der Waals surface area (Å²) < 4.78 is 32.5. The van der Waals surface area contributed by atoms with E-state index in [1.807, 2.05) is 0 Å². The smallest absolute Gasteiger partial charge is 0.243 e. The number of aryl methyl sites for hydroxylation is 1. The first kappa shape index (κ1) is 19.7. The van der Waals surface area contributed by atoms with Crippen molar-refractivity contribution < 1.29 is 23.2 Å². The maximum atomic E-state index is 13.3. The van der Waals surface area contributed by atoms with Gasteiger partial charge in [-0.05, 0) is 61.4 Å². The Bertz CT molecular complexity index is 859. The zero-order valence-electron chi connectivity index (χ0n) is 15.1. The molecular weight excluding hydrogens is 366 g/mol. The molecule has 3 aromatic rings. The summed E-state index contributed by atoms with van der Waals surface area (Å²) >= 11 is 0. The molecule has 1 aromatic heterocycles. The number of amides is 1. The Morgan fingerprint density at radius 1 is 0.929 bits per heavy atom. The van der Waals surface area contributed by atoms with Gasteiger partial charge in [0, 0.05) is 24.0 Å².